The minimum absolute atomic E-state index is 0.0273. The average Bonchev–Trinajstić information content (AvgIpc) is 2.75. The molecule has 0 saturated carbocycles. The van der Waals surface area contributed by atoms with Gasteiger partial charge in [0.15, 0.2) is 0 Å². The fourth-order valence-corrected chi connectivity index (χ4v) is 6.57. The number of halogens is 6. The van der Waals surface area contributed by atoms with E-state index >= 15 is 0 Å². The van der Waals surface area contributed by atoms with Gasteiger partial charge in [0.05, 0.1) is 15.4 Å². The zero-order valence-electron chi connectivity index (χ0n) is 26.7. The van der Waals surface area contributed by atoms with Gasteiger partial charge in [0.1, 0.15) is 17.5 Å². The Kier molecular flexibility index (Phi) is 9.48. The first kappa shape index (κ1) is 34.5. The minimum Gasteiger partial charge on any atom is -0.207 e. The molecular weight excluding hydrogens is 596 g/mol. The van der Waals surface area contributed by atoms with E-state index in [0.29, 0.717) is 15.1 Å². The first-order valence-corrected chi connectivity index (χ1v) is 15.2. The third kappa shape index (κ3) is 7.06. The Hall–Kier alpha value is -1.94. The first-order chi connectivity index (χ1) is 18.9. The summed E-state index contributed by atoms with van der Waals surface area (Å²) in [5.41, 5.74) is 1.65. The fourth-order valence-electron chi connectivity index (χ4n) is 5.06. The lowest BCUT2D eigenvalue weighted by molar-refractivity contribution is 0.478. The quantitative estimate of drug-likeness (QED) is 0.180. The van der Waals surface area contributed by atoms with E-state index in [-0.39, 0.29) is 32.6 Å². The molecule has 0 fully saturated rings. The van der Waals surface area contributed by atoms with Crippen LogP contribution in [-0.2, 0) is 21.7 Å². The van der Waals surface area contributed by atoms with Crippen molar-refractivity contribution in [2.45, 2.75) is 105 Å². The molecule has 0 aliphatic rings. The zero-order chi connectivity index (χ0) is 32.3. The smallest absolute Gasteiger partial charge is 0.140 e. The molecule has 0 N–H and O–H groups in total. The third-order valence-corrected chi connectivity index (χ3v) is 8.37. The van der Waals surface area contributed by atoms with Crippen LogP contribution in [0.2, 0.25) is 15.1 Å². The third-order valence-electron chi connectivity index (χ3n) is 7.39. The summed E-state index contributed by atoms with van der Waals surface area (Å²) >= 11 is 19.6. The summed E-state index contributed by atoms with van der Waals surface area (Å²) in [6.45, 7) is 23.7. The lowest BCUT2D eigenvalue weighted by atomic mass is 9.82. The molecule has 0 aliphatic carbocycles. The SMILES string of the molecule is CC(C)(C)c1cc(Cl)c2c(Cl)c(C(C)(C)C)c(Cl)cc2c1.CC(C)(C)c1cc(F)c2c(F)c(C(C)(C)C)c(F)cc2c1. The van der Waals surface area contributed by atoms with Gasteiger partial charge in [-0.15, -0.1) is 0 Å². The maximum absolute atomic E-state index is 14.6. The topological polar surface area (TPSA) is 0 Å². The van der Waals surface area contributed by atoms with Gasteiger partial charge in [-0.3, -0.25) is 0 Å². The van der Waals surface area contributed by atoms with Crippen LogP contribution in [0.1, 0.15) is 105 Å². The molecule has 228 valence electrons. The van der Waals surface area contributed by atoms with Crippen LogP contribution in [-0.4, -0.2) is 0 Å². The van der Waals surface area contributed by atoms with Crippen molar-refractivity contribution in [2.24, 2.45) is 0 Å². The molecule has 0 aromatic heterocycles. The molecule has 0 unspecified atom stereocenters. The molecule has 4 rings (SSSR count). The van der Waals surface area contributed by atoms with Crippen LogP contribution in [0.5, 0.6) is 0 Å². The summed E-state index contributed by atoms with van der Waals surface area (Å²) in [4.78, 5) is 0. The zero-order valence-corrected chi connectivity index (χ0v) is 29.0. The van der Waals surface area contributed by atoms with Crippen molar-refractivity contribution in [1.82, 2.24) is 0 Å². The van der Waals surface area contributed by atoms with Gasteiger partial charge >= 0.3 is 0 Å². The van der Waals surface area contributed by atoms with Gasteiger partial charge < -0.3 is 0 Å². The van der Waals surface area contributed by atoms with E-state index in [1.807, 2.05) is 32.9 Å². The van der Waals surface area contributed by atoms with Crippen LogP contribution >= 0.6 is 34.8 Å². The molecule has 0 heterocycles. The molecule has 6 heteroatoms. The fraction of sp³-hybridized carbons (Fsp3) is 0.444. The van der Waals surface area contributed by atoms with Crippen LogP contribution in [0.15, 0.2) is 36.4 Å². The second kappa shape index (κ2) is 11.5. The Labute approximate surface area is 264 Å². The Balaban J connectivity index is 0.000000230. The van der Waals surface area contributed by atoms with Gasteiger partial charge in [-0.25, -0.2) is 13.2 Å². The summed E-state index contributed by atoms with van der Waals surface area (Å²) in [5.74, 6) is -2.06. The van der Waals surface area contributed by atoms with Gasteiger partial charge in [-0.1, -0.05) is 130 Å². The van der Waals surface area contributed by atoms with Gasteiger partial charge in [0.25, 0.3) is 0 Å². The monoisotopic (exact) mass is 636 g/mol. The predicted molar refractivity (Wildman–Crippen MR) is 178 cm³/mol. The summed E-state index contributed by atoms with van der Waals surface area (Å²) in [5, 5.41) is 4.07. The average molecular weight is 638 g/mol. The van der Waals surface area contributed by atoms with E-state index in [4.69, 9.17) is 34.8 Å². The Morgan fingerprint density at radius 2 is 0.905 bits per heavy atom. The minimum atomic E-state index is -0.796. The largest absolute Gasteiger partial charge is 0.207 e. The highest BCUT2D eigenvalue weighted by molar-refractivity contribution is 6.44. The molecule has 0 saturated heterocycles. The lowest BCUT2D eigenvalue weighted by Crippen LogP contribution is -2.17. The molecule has 0 nitrogen and oxygen atoms in total. The van der Waals surface area contributed by atoms with Crippen molar-refractivity contribution < 1.29 is 13.2 Å². The van der Waals surface area contributed by atoms with Crippen molar-refractivity contribution in [3.8, 4) is 0 Å². The highest BCUT2D eigenvalue weighted by Gasteiger charge is 2.28. The van der Waals surface area contributed by atoms with E-state index in [9.17, 15) is 13.2 Å². The molecule has 0 bridgehead atoms. The van der Waals surface area contributed by atoms with Gasteiger partial charge in [0, 0.05) is 16.0 Å². The maximum atomic E-state index is 14.6. The Morgan fingerprint density at radius 1 is 0.452 bits per heavy atom. The number of rotatable bonds is 0. The summed E-state index contributed by atoms with van der Waals surface area (Å²) in [6, 6.07) is 10.4. The van der Waals surface area contributed by atoms with Crippen LogP contribution < -0.4 is 0 Å². The summed E-state index contributed by atoms with van der Waals surface area (Å²) in [6.07, 6.45) is 0. The Bertz CT molecular complexity index is 1530. The molecule has 0 spiro atoms. The highest BCUT2D eigenvalue weighted by Crippen LogP contribution is 2.44. The van der Waals surface area contributed by atoms with Crippen molar-refractivity contribution in [3.63, 3.8) is 0 Å². The normalized spacial score (nSPS) is 13.0. The lowest BCUT2D eigenvalue weighted by Gasteiger charge is -2.25. The van der Waals surface area contributed by atoms with Crippen LogP contribution in [0, 0.1) is 17.5 Å². The number of hydrogen-bond donors (Lipinski definition) is 0. The second-order valence-electron chi connectivity index (χ2n) is 15.2. The number of benzene rings is 4. The summed E-state index contributed by atoms with van der Waals surface area (Å²) < 4.78 is 43.3. The second-order valence-corrected chi connectivity index (χ2v) is 16.4. The van der Waals surface area contributed by atoms with E-state index in [0.717, 1.165) is 21.9 Å². The molecular formula is C36H42Cl3F3. The van der Waals surface area contributed by atoms with Crippen LogP contribution in [0.3, 0.4) is 0 Å². The van der Waals surface area contributed by atoms with Gasteiger partial charge in [-0.2, -0.15) is 0 Å². The van der Waals surface area contributed by atoms with E-state index < -0.39 is 22.9 Å². The van der Waals surface area contributed by atoms with Crippen LogP contribution in [0.25, 0.3) is 21.5 Å². The molecule has 42 heavy (non-hydrogen) atoms. The van der Waals surface area contributed by atoms with E-state index in [1.54, 1.807) is 26.8 Å². The molecule has 0 aliphatic heterocycles. The predicted octanol–water partition coefficient (Wildman–Crippen LogP) is 13.2. The molecule has 0 atom stereocenters. The highest BCUT2D eigenvalue weighted by atomic mass is 35.5. The molecule has 4 aromatic rings. The molecule has 0 radical (unpaired) electrons. The summed E-state index contributed by atoms with van der Waals surface area (Å²) in [7, 11) is 0. The van der Waals surface area contributed by atoms with Crippen molar-refractivity contribution in [2.75, 3.05) is 0 Å². The van der Waals surface area contributed by atoms with Crippen molar-refractivity contribution in [3.05, 3.63) is 91.2 Å². The standard InChI is InChI=1S/C18H21Cl3.C18H21F3/c2*1-17(2,3)11-7-10-8-13(20)15(18(4,5)6)16(21)14(10)12(19)9-11/h2*7-9H,1-6H3. The number of hydrogen-bond acceptors (Lipinski definition) is 0. The maximum Gasteiger partial charge on any atom is 0.140 e. The first-order valence-electron chi connectivity index (χ1n) is 14.1. The molecule has 0 amide bonds. The van der Waals surface area contributed by atoms with E-state index in [1.165, 1.54) is 17.7 Å². The number of fused-ring (bicyclic) bond motifs is 2. The Morgan fingerprint density at radius 3 is 1.36 bits per heavy atom. The van der Waals surface area contributed by atoms with Crippen LogP contribution in [0.4, 0.5) is 13.2 Å². The van der Waals surface area contributed by atoms with E-state index in [2.05, 4.69) is 47.6 Å². The van der Waals surface area contributed by atoms with Gasteiger partial charge in [-0.05, 0) is 73.4 Å². The van der Waals surface area contributed by atoms with Crippen molar-refractivity contribution in [1.29, 1.82) is 0 Å². The van der Waals surface area contributed by atoms with Crippen molar-refractivity contribution >= 4 is 56.3 Å². The van der Waals surface area contributed by atoms with Gasteiger partial charge in [0.2, 0.25) is 0 Å². The molecule has 4 aromatic carbocycles.